The first-order valence-electron chi connectivity index (χ1n) is 15.7. The van der Waals surface area contributed by atoms with Crippen molar-refractivity contribution in [1.29, 1.82) is 0 Å². The molecule has 3 atom stereocenters. The largest absolute Gasteiger partial charge is 0.381 e. The van der Waals surface area contributed by atoms with E-state index in [2.05, 4.69) is 22.8 Å². The number of pyridine rings is 1. The lowest BCUT2D eigenvalue weighted by molar-refractivity contribution is -0.140. The van der Waals surface area contributed by atoms with Gasteiger partial charge in [-0.25, -0.2) is 0 Å². The number of carbonyl (C=O) groups is 4. The molecule has 3 aliphatic heterocycles. The summed E-state index contributed by atoms with van der Waals surface area (Å²) in [7, 11) is 3.23. The van der Waals surface area contributed by atoms with Crippen LogP contribution in [0.2, 0.25) is 0 Å². The molecule has 11 heteroatoms. The van der Waals surface area contributed by atoms with Crippen molar-refractivity contribution < 1.29 is 23.9 Å². The predicted octanol–water partition coefficient (Wildman–Crippen LogP) is 1.76. The summed E-state index contributed by atoms with van der Waals surface area (Å²) in [6.45, 7) is 1.67. The molecule has 1 aromatic carbocycles. The average Bonchev–Trinajstić information content (AvgIpc) is 3.04. The van der Waals surface area contributed by atoms with E-state index in [4.69, 9.17) is 4.74 Å². The number of likely N-dealkylation sites (N-methyl/N-ethyl adjacent to an activating group) is 1. The van der Waals surface area contributed by atoms with Gasteiger partial charge in [-0.1, -0.05) is 42.5 Å². The number of nitrogens with zero attached hydrogens (tertiary/aromatic N) is 3. The van der Waals surface area contributed by atoms with E-state index in [0.717, 1.165) is 5.56 Å². The highest BCUT2D eigenvalue weighted by Gasteiger charge is 2.42. The van der Waals surface area contributed by atoms with Gasteiger partial charge in [0, 0.05) is 71.0 Å². The number of likely N-dealkylation sites (tertiary alicyclic amines) is 1. The standard InChI is InChI=1S/C34H43N5O6/c1-37(2)30(41)23-39-22-26(11-12-29(39)40)32(43)38-17-13-27-25(21-38)10-6-7-14-34(15-18-45-19-16-34)33(44)36-28(31(42)35-27)20-24-8-4-3-5-9-24/h3-9,11-12,22,25,27-28H,10,13-21,23H2,1-2H3,(H,35,42)(H,36,44)/t25-,27+,28-/m0/s1. The van der Waals surface area contributed by atoms with Crippen molar-refractivity contribution in [2.75, 3.05) is 40.4 Å². The molecule has 4 heterocycles. The second kappa shape index (κ2) is 14.2. The fourth-order valence-electron chi connectivity index (χ4n) is 6.42. The number of fused-ring (bicyclic) bond motifs is 1. The second-order valence-electron chi connectivity index (χ2n) is 12.6. The third-order valence-electron chi connectivity index (χ3n) is 9.33. The number of nitrogens with one attached hydrogen (secondary N) is 2. The van der Waals surface area contributed by atoms with Gasteiger partial charge in [0.2, 0.25) is 17.7 Å². The molecule has 1 spiro atoms. The molecular formula is C34H43N5O6. The van der Waals surface area contributed by atoms with Gasteiger partial charge in [-0.05, 0) is 43.7 Å². The molecule has 0 saturated carbocycles. The number of rotatable bonds is 5. The van der Waals surface area contributed by atoms with Crippen LogP contribution in [0, 0.1) is 11.3 Å². The number of ether oxygens (including phenoxy) is 1. The molecular weight excluding hydrogens is 574 g/mol. The van der Waals surface area contributed by atoms with E-state index in [-0.39, 0.29) is 47.7 Å². The van der Waals surface area contributed by atoms with Gasteiger partial charge < -0.3 is 29.7 Å². The van der Waals surface area contributed by atoms with Gasteiger partial charge in [0.1, 0.15) is 12.6 Å². The highest BCUT2D eigenvalue weighted by atomic mass is 16.5. The Morgan fingerprint density at radius 3 is 2.49 bits per heavy atom. The van der Waals surface area contributed by atoms with Gasteiger partial charge in [-0.3, -0.25) is 24.0 Å². The Morgan fingerprint density at radius 1 is 1.00 bits per heavy atom. The maximum absolute atomic E-state index is 13.8. The van der Waals surface area contributed by atoms with Crippen LogP contribution >= 0.6 is 0 Å². The highest BCUT2D eigenvalue weighted by Crippen LogP contribution is 2.36. The highest BCUT2D eigenvalue weighted by molar-refractivity contribution is 5.94. The number of piperidine rings is 1. The average molecular weight is 618 g/mol. The maximum Gasteiger partial charge on any atom is 0.255 e. The van der Waals surface area contributed by atoms with Crippen LogP contribution in [-0.2, 0) is 32.1 Å². The maximum atomic E-state index is 13.8. The summed E-state index contributed by atoms with van der Waals surface area (Å²) >= 11 is 0. The summed E-state index contributed by atoms with van der Waals surface area (Å²) in [6, 6.07) is 11.6. The Bertz CT molecular complexity index is 1480. The van der Waals surface area contributed by atoms with Crippen molar-refractivity contribution >= 4 is 23.6 Å². The van der Waals surface area contributed by atoms with Crippen LogP contribution < -0.4 is 16.2 Å². The molecule has 0 bridgehead atoms. The van der Waals surface area contributed by atoms with Gasteiger partial charge in [-0.15, -0.1) is 0 Å². The number of carbonyl (C=O) groups excluding carboxylic acids is 4. The van der Waals surface area contributed by atoms with Gasteiger partial charge in [0.25, 0.3) is 11.5 Å². The summed E-state index contributed by atoms with van der Waals surface area (Å²) in [4.78, 5) is 69.0. The van der Waals surface area contributed by atoms with Crippen LogP contribution in [0.25, 0.3) is 0 Å². The number of allylic oxidation sites excluding steroid dienone is 2. The Kier molecular flexibility index (Phi) is 10.2. The van der Waals surface area contributed by atoms with E-state index < -0.39 is 11.5 Å². The Morgan fingerprint density at radius 2 is 1.76 bits per heavy atom. The molecule has 2 aromatic rings. The normalized spacial score (nSPS) is 23.6. The van der Waals surface area contributed by atoms with Gasteiger partial charge >= 0.3 is 0 Å². The van der Waals surface area contributed by atoms with E-state index in [1.165, 1.54) is 27.8 Å². The number of amides is 4. The summed E-state index contributed by atoms with van der Waals surface area (Å²) in [5, 5.41) is 6.34. The van der Waals surface area contributed by atoms with Crippen LogP contribution in [-0.4, -0.2) is 90.5 Å². The fourth-order valence-corrected chi connectivity index (χ4v) is 6.42. The first-order chi connectivity index (χ1) is 21.6. The molecule has 11 nitrogen and oxygen atoms in total. The first-order valence-corrected chi connectivity index (χ1v) is 15.7. The summed E-state index contributed by atoms with van der Waals surface area (Å²) < 4.78 is 6.85. The van der Waals surface area contributed by atoms with Gasteiger partial charge in [-0.2, -0.15) is 0 Å². The van der Waals surface area contributed by atoms with Crippen molar-refractivity contribution in [3.8, 4) is 0 Å². The second-order valence-corrected chi connectivity index (χ2v) is 12.6. The number of hydrogen-bond donors (Lipinski definition) is 2. The van der Waals surface area contributed by atoms with Crippen LogP contribution in [0.1, 0.15) is 48.0 Å². The smallest absolute Gasteiger partial charge is 0.255 e. The van der Waals surface area contributed by atoms with E-state index in [1.807, 2.05) is 30.3 Å². The summed E-state index contributed by atoms with van der Waals surface area (Å²) in [5.74, 6) is -0.870. The zero-order valence-corrected chi connectivity index (χ0v) is 26.1. The minimum Gasteiger partial charge on any atom is -0.381 e. The minimum atomic E-state index is -0.741. The quantitative estimate of drug-likeness (QED) is 0.492. The fraction of sp³-hybridized carbons (Fsp3) is 0.500. The predicted molar refractivity (Wildman–Crippen MR) is 168 cm³/mol. The van der Waals surface area contributed by atoms with Crippen molar-refractivity contribution in [1.82, 2.24) is 25.0 Å². The van der Waals surface area contributed by atoms with Gasteiger partial charge in [0.15, 0.2) is 0 Å². The lowest BCUT2D eigenvalue weighted by Crippen LogP contribution is -2.58. The number of aromatic nitrogens is 1. The van der Waals surface area contributed by atoms with E-state index in [9.17, 15) is 24.0 Å². The number of hydrogen-bond acceptors (Lipinski definition) is 6. The third-order valence-corrected chi connectivity index (χ3v) is 9.33. The molecule has 2 saturated heterocycles. The Labute approximate surface area is 263 Å². The molecule has 0 unspecified atom stereocenters. The zero-order chi connectivity index (χ0) is 32.0. The van der Waals surface area contributed by atoms with Crippen molar-refractivity contribution in [3.63, 3.8) is 0 Å². The molecule has 1 aromatic heterocycles. The molecule has 2 fully saturated rings. The van der Waals surface area contributed by atoms with Crippen LogP contribution in [0.5, 0.6) is 0 Å². The van der Waals surface area contributed by atoms with Crippen molar-refractivity contribution in [3.05, 3.63) is 82.3 Å². The Hall–Kier alpha value is -4.25. The van der Waals surface area contributed by atoms with Crippen LogP contribution in [0.4, 0.5) is 0 Å². The molecule has 0 aliphatic carbocycles. The summed E-state index contributed by atoms with van der Waals surface area (Å²) in [6.07, 6.45) is 8.84. The van der Waals surface area contributed by atoms with Crippen molar-refractivity contribution in [2.45, 2.75) is 57.2 Å². The molecule has 240 valence electrons. The first kappa shape index (κ1) is 32.2. The van der Waals surface area contributed by atoms with E-state index >= 15 is 0 Å². The zero-order valence-electron chi connectivity index (χ0n) is 26.1. The third kappa shape index (κ3) is 7.70. The molecule has 4 amide bonds. The topological polar surface area (TPSA) is 130 Å². The van der Waals surface area contributed by atoms with Crippen LogP contribution in [0.15, 0.2) is 65.6 Å². The van der Waals surface area contributed by atoms with E-state index in [1.54, 1.807) is 19.0 Å². The SMILES string of the molecule is CN(C)C(=O)Cn1cc(C(=O)N2CC[C@H]3NC(=O)[C@H](Cc4ccccc4)NC(=O)C4(CC=CC[C@H]3C2)CCOCC4)ccc1=O. The van der Waals surface area contributed by atoms with E-state index in [0.29, 0.717) is 70.4 Å². The molecule has 45 heavy (non-hydrogen) atoms. The lowest BCUT2D eigenvalue weighted by atomic mass is 9.75. The Balaban J connectivity index is 1.37. The number of benzene rings is 1. The molecule has 2 N–H and O–H groups in total. The van der Waals surface area contributed by atoms with Crippen molar-refractivity contribution in [2.24, 2.45) is 11.3 Å². The molecule has 3 aliphatic rings. The van der Waals surface area contributed by atoms with Gasteiger partial charge in [0.05, 0.1) is 11.0 Å². The van der Waals surface area contributed by atoms with Crippen LogP contribution in [0.3, 0.4) is 0 Å². The molecule has 5 rings (SSSR count). The lowest BCUT2D eigenvalue weighted by Gasteiger charge is -2.40. The summed E-state index contributed by atoms with van der Waals surface area (Å²) in [5.41, 5.74) is 0.289. The minimum absolute atomic E-state index is 0.0535. The monoisotopic (exact) mass is 617 g/mol. The molecule has 0 radical (unpaired) electrons.